The maximum Gasteiger partial charge on any atom is 0.242 e. The van der Waals surface area contributed by atoms with Gasteiger partial charge in [0.15, 0.2) is 0 Å². The molecular formula is C32H31B. The third-order valence-electron chi connectivity index (χ3n) is 6.41. The number of hydrogen-bond donors (Lipinski definition) is 0. The summed E-state index contributed by atoms with van der Waals surface area (Å²) in [6, 6.07) is 41.5. The lowest BCUT2D eigenvalue weighted by atomic mass is 9.34. The monoisotopic (exact) mass is 426 g/mol. The summed E-state index contributed by atoms with van der Waals surface area (Å²) in [5, 5.41) is 2.59. The van der Waals surface area contributed by atoms with E-state index in [0.717, 1.165) is 6.42 Å². The van der Waals surface area contributed by atoms with Gasteiger partial charge < -0.3 is 0 Å². The van der Waals surface area contributed by atoms with Gasteiger partial charge in [-0.3, -0.25) is 0 Å². The van der Waals surface area contributed by atoms with Crippen LogP contribution < -0.4 is 10.9 Å². The molecule has 0 saturated carbocycles. The zero-order valence-corrected chi connectivity index (χ0v) is 19.8. The van der Waals surface area contributed by atoms with Crippen LogP contribution in [-0.2, 0) is 6.42 Å². The summed E-state index contributed by atoms with van der Waals surface area (Å²) < 4.78 is 0. The summed E-state index contributed by atoms with van der Waals surface area (Å²) in [4.78, 5) is 0. The molecule has 0 atom stereocenters. The zero-order valence-electron chi connectivity index (χ0n) is 19.8. The molecule has 0 saturated heterocycles. The van der Waals surface area contributed by atoms with Crippen LogP contribution in [0.3, 0.4) is 0 Å². The molecule has 0 spiro atoms. The van der Waals surface area contributed by atoms with E-state index in [-0.39, 0.29) is 6.71 Å². The predicted octanol–water partition coefficient (Wildman–Crippen LogP) is 7.09. The number of fused-ring (bicyclic) bond motifs is 1. The largest absolute Gasteiger partial charge is 0.242 e. The molecule has 0 aromatic heterocycles. The van der Waals surface area contributed by atoms with Crippen LogP contribution in [0.1, 0.15) is 30.5 Å². The molecule has 0 heterocycles. The van der Waals surface area contributed by atoms with Gasteiger partial charge in [-0.15, -0.1) is 0 Å². The molecule has 0 nitrogen and oxygen atoms in total. The van der Waals surface area contributed by atoms with Gasteiger partial charge in [0.05, 0.1) is 0 Å². The van der Waals surface area contributed by atoms with E-state index in [1.165, 1.54) is 43.9 Å². The summed E-state index contributed by atoms with van der Waals surface area (Å²) in [5.74, 6) is 0. The normalized spacial score (nSPS) is 11.2. The van der Waals surface area contributed by atoms with Gasteiger partial charge in [0.2, 0.25) is 6.71 Å². The van der Waals surface area contributed by atoms with E-state index in [1.54, 1.807) is 0 Å². The van der Waals surface area contributed by atoms with Gasteiger partial charge in [0.1, 0.15) is 0 Å². The molecule has 33 heavy (non-hydrogen) atoms. The van der Waals surface area contributed by atoms with Crippen molar-refractivity contribution in [3.05, 3.63) is 138 Å². The van der Waals surface area contributed by atoms with E-state index < -0.39 is 0 Å². The molecule has 4 rings (SSSR count). The summed E-state index contributed by atoms with van der Waals surface area (Å²) in [7, 11) is 0. The molecule has 162 valence electrons. The van der Waals surface area contributed by atoms with Crippen molar-refractivity contribution < 1.29 is 0 Å². The molecule has 4 aromatic carbocycles. The second kappa shape index (κ2) is 10.8. The van der Waals surface area contributed by atoms with Crippen molar-refractivity contribution in [2.45, 2.75) is 27.2 Å². The van der Waals surface area contributed by atoms with Gasteiger partial charge in [-0.25, -0.2) is 0 Å². The SMILES string of the molecule is C/C=C(/B(c1ccccccccc1C)c1cccc2ccccc12)c1ccccc1CC. The van der Waals surface area contributed by atoms with Gasteiger partial charge in [-0.05, 0) is 42.2 Å². The number of allylic oxidation sites excluding steroid dienone is 1. The van der Waals surface area contributed by atoms with Crippen LogP contribution in [0.2, 0.25) is 0 Å². The maximum atomic E-state index is 2.31. The molecule has 0 radical (unpaired) electrons. The van der Waals surface area contributed by atoms with Crippen molar-refractivity contribution in [2.75, 3.05) is 0 Å². The van der Waals surface area contributed by atoms with Gasteiger partial charge >= 0.3 is 0 Å². The van der Waals surface area contributed by atoms with Crippen LogP contribution in [-0.4, -0.2) is 6.71 Å². The Balaban J connectivity index is 2.08. The molecule has 0 aliphatic heterocycles. The Hall–Kier alpha value is -3.58. The summed E-state index contributed by atoms with van der Waals surface area (Å²) >= 11 is 0. The van der Waals surface area contributed by atoms with Crippen molar-refractivity contribution in [1.29, 1.82) is 0 Å². The lowest BCUT2D eigenvalue weighted by Gasteiger charge is -2.23. The van der Waals surface area contributed by atoms with Crippen molar-refractivity contribution in [3.63, 3.8) is 0 Å². The van der Waals surface area contributed by atoms with E-state index in [2.05, 4.69) is 142 Å². The van der Waals surface area contributed by atoms with Crippen molar-refractivity contribution in [1.82, 2.24) is 0 Å². The third-order valence-corrected chi connectivity index (χ3v) is 6.41. The minimum Gasteiger partial charge on any atom is -0.0918 e. The van der Waals surface area contributed by atoms with Gasteiger partial charge in [0, 0.05) is 0 Å². The standard InChI is InChI=1S/C32H31B/c1-4-26-18-12-14-21-28(26)30(5-2)33(31-23-11-9-7-6-8-10-17-25(31)3)32-24-16-20-27-19-13-15-22-29(27)32/h5-24H,4H2,1-3H3/b7-6?,8-6?,9-7?,10-8?,11-9?,17-10?,23-11?,25-17?,30-5+,31-23?,31-25?. The molecule has 0 fully saturated rings. The Labute approximate surface area is 199 Å². The predicted molar refractivity (Wildman–Crippen MR) is 147 cm³/mol. The first-order valence-electron chi connectivity index (χ1n) is 11.9. The molecule has 0 N–H and O–H groups in total. The lowest BCUT2D eigenvalue weighted by molar-refractivity contribution is 1.13. The second-order valence-electron chi connectivity index (χ2n) is 8.38. The van der Waals surface area contributed by atoms with Gasteiger partial charge in [0.25, 0.3) is 0 Å². The highest BCUT2D eigenvalue weighted by atomic mass is 14.1. The van der Waals surface area contributed by atoms with E-state index in [9.17, 15) is 0 Å². The van der Waals surface area contributed by atoms with Crippen LogP contribution in [0, 0.1) is 6.92 Å². The average molecular weight is 426 g/mol. The molecular weight excluding hydrogens is 395 g/mol. The molecule has 0 amide bonds. The Bertz CT molecular complexity index is 1330. The van der Waals surface area contributed by atoms with E-state index in [4.69, 9.17) is 0 Å². The van der Waals surface area contributed by atoms with Crippen LogP contribution in [0.4, 0.5) is 0 Å². The summed E-state index contributed by atoms with van der Waals surface area (Å²) in [6.45, 7) is 6.77. The highest BCUT2D eigenvalue weighted by Gasteiger charge is 2.28. The van der Waals surface area contributed by atoms with Crippen molar-refractivity contribution in [2.24, 2.45) is 0 Å². The molecule has 0 bridgehead atoms. The summed E-state index contributed by atoms with van der Waals surface area (Å²) in [5.41, 5.74) is 8.02. The van der Waals surface area contributed by atoms with Crippen LogP contribution in [0.5, 0.6) is 0 Å². The minimum atomic E-state index is 0.117. The highest BCUT2D eigenvalue weighted by molar-refractivity contribution is 7.01. The smallest absolute Gasteiger partial charge is 0.0918 e. The Morgan fingerprint density at radius 1 is 0.667 bits per heavy atom. The molecule has 4 aromatic rings. The fourth-order valence-electron chi connectivity index (χ4n) is 4.76. The maximum absolute atomic E-state index is 2.31. The Morgan fingerprint density at radius 2 is 1.27 bits per heavy atom. The van der Waals surface area contributed by atoms with Gasteiger partial charge in [-0.2, -0.15) is 0 Å². The van der Waals surface area contributed by atoms with Crippen LogP contribution in [0.15, 0.2) is 121 Å². The third kappa shape index (κ3) is 4.93. The Kier molecular flexibility index (Phi) is 7.42. The molecule has 0 unspecified atom stereocenters. The van der Waals surface area contributed by atoms with E-state index >= 15 is 0 Å². The molecule has 0 aliphatic carbocycles. The topological polar surface area (TPSA) is 0 Å². The number of hydrogen-bond acceptors (Lipinski definition) is 0. The van der Waals surface area contributed by atoms with Crippen molar-refractivity contribution >= 4 is 33.9 Å². The fourth-order valence-corrected chi connectivity index (χ4v) is 4.76. The minimum absolute atomic E-state index is 0.117. The fraction of sp³-hybridized carbons (Fsp3) is 0.125. The van der Waals surface area contributed by atoms with E-state index in [0.29, 0.717) is 0 Å². The Morgan fingerprint density at radius 3 is 2.06 bits per heavy atom. The number of aryl methyl sites for hydroxylation is 2. The quantitative estimate of drug-likeness (QED) is 0.299. The second-order valence-corrected chi connectivity index (χ2v) is 8.38. The average Bonchev–Trinajstić information content (AvgIpc) is 2.86. The van der Waals surface area contributed by atoms with Gasteiger partial charge in [-0.1, -0.05) is 150 Å². The first-order valence-corrected chi connectivity index (χ1v) is 11.9. The summed E-state index contributed by atoms with van der Waals surface area (Å²) in [6.07, 6.45) is 3.32. The first kappa shape index (κ1) is 22.6. The van der Waals surface area contributed by atoms with Crippen LogP contribution in [0.25, 0.3) is 16.2 Å². The highest BCUT2D eigenvalue weighted by Crippen LogP contribution is 2.25. The first-order chi connectivity index (χ1) is 16.2. The van der Waals surface area contributed by atoms with E-state index in [1.807, 2.05) is 0 Å². The molecule has 0 aliphatic rings. The zero-order chi connectivity index (χ0) is 23.0. The number of rotatable bonds is 5. The molecule has 1 heteroatoms. The van der Waals surface area contributed by atoms with Crippen LogP contribution >= 0.6 is 0 Å². The number of benzene rings is 3. The van der Waals surface area contributed by atoms with Crippen molar-refractivity contribution in [3.8, 4) is 0 Å². The lowest BCUT2D eigenvalue weighted by Crippen LogP contribution is -2.45.